The fourth-order valence-electron chi connectivity index (χ4n) is 3.82. The zero-order valence-corrected chi connectivity index (χ0v) is 22.7. The van der Waals surface area contributed by atoms with Crippen molar-refractivity contribution in [1.82, 2.24) is 0 Å². The monoisotopic (exact) mass is 602 g/mol. The van der Waals surface area contributed by atoms with Gasteiger partial charge in [0.25, 0.3) is 0 Å². The molecule has 0 aromatic heterocycles. The molecule has 1 heterocycles. The zero-order valence-electron chi connectivity index (χ0n) is 16.3. The van der Waals surface area contributed by atoms with E-state index in [1.54, 1.807) is 6.20 Å². The second-order valence-electron chi connectivity index (χ2n) is 6.81. The zero-order chi connectivity index (χ0) is 20.9. The van der Waals surface area contributed by atoms with Crippen molar-refractivity contribution in [2.24, 2.45) is 4.99 Å². The quantitative estimate of drug-likeness (QED) is 0.112. The van der Waals surface area contributed by atoms with Gasteiger partial charge >= 0.3 is 37.9 Å². The normalized spacial score (nSPS) is 14.9. The van der Waals surface area contributed by atoms with Crippen LogP contribution in [0.3, 0.4) is 0 Å². The molecule has 156 valence electrons. The van der Waals surface area contributed by atoms with Crippen molar-refractivity contribution in [3.8, 4) is 0 Å². The summed E-state index contributed by atoms with van der Waals surface area (Å²) in [7, 11) is 9.87. The summed E-state index contributed by atoms with van der Waals surface area (Å²) >= 11 is 2.65. The Morgan fingerprint density at radius 3 is 2.19 bits per heavy atom. The van der Waals surface area contributed by atoms with Gasteiger partial charge in [-0.1, -0.05) is 70.7 Å². The molecule has 0 radical (unpaired) electrons. The Morgan fingerprint density at radius 2 is 1.55 bits per heavy atom. The Balaban J connectivity index is 0.000000152. The first-order chi connectivity index (χ1) is 14.7. The molecule has 6 rings (SSSR count). The van der Waals surface area contributed by atoms with Gasteiger partial charge in [0.1, 0.15) is 0 Å². The van der Waals surface area contributed by atoms with Crippen molar-refractivity contribution in [1.29, 1.82) is 0 Å². The second kappa shape index (κ2) is 11.7. The SMILES string of the molecule is Brc1ccc2c(c1)C=C1[C-]=CN=CC12.[Cl][Zr][Cl].[SH-].c1ccc2c(c1)[cH-]c1ccccc12. The average molecular weight is 606 g/mol. The van der Waals surface area contributed by atoms with Crippen LogP contribution in [-0.4, -0.2) is 6.21 Å². The smallest absolute Gasteiger partial charge is 0.0771 e. The maximum absolute atomic E-state index is 4.93. The van der Waals surface area contributed by atoms with Gasteiger partial charge in [0, 0.05) is 16.6 Å². The van der Waals surface area contributed by atoms with E-state index in [4.69, 9.17) is 17.0 Å². The number of hydrogen-bond acceptors (Lipinski definition) is 2. The Bertz CT molecular complexity index is 1230. The molecule has 0 saturated carbocycles. The molecule has 0 N–H and O–H groups in total. The van der Waals surface area contributed by atoms with Crippen molar-refractivity contribution in [2.45, 2.75) is 5.92 Å². The summed E-state index contributed by atoms with van der Waals surface area (Å²) < 4.78 is 1.12. The van der Waals surface area contributed by atoms with Crippen molar-refractivity contribution >= 4 is 80.3 Å². The molecule has 0 amide bonds. The van der Waals surface area contributed by atoms with E-state index in [0.29, 0.717) is 5.92 Å². The topological polar surface area (TPSA) is 12.4 Å². The van der Waals surface area contributed by atoms with Crippen LogP contribution >= 0.6 is 33.0 Å². The van der Waals surface area contributed by atoms with Crippen molar-refractivity contribution in [3.05, 3.63) is 106 Å². The van der Waals surface area contributed by atoms with Crippen LogP contribution in [0.1, 0.15) is 17.0 Å². The van der Waals surface area contributed by atoms with Crippen LogP contribution in [0.2, 0.25) is 0 Å². The molecule has 0 bridgehead atoms. The van der Waals surface area contributed by atoms with E-state index in [9.17, 15) is 0 Å². The third-order valence-electron chi connectivity index (χ3n) is 5.09. The molecule has 1 aliphatic heterocycles. The maximum Gasteiger partial charge on any atom is -0.0771 e. The first-order valence-corrected chi connectivity index (χ1v) is 16.5. The summed E-state index contributed by atoms with van der Waals surface area (Å²) in [4.78, 5) is 4.13. The molecule has 1 aliphatic carbocycles. The number of hydrogen-bond donors (Lipinski definition) is 0. The first kappa shape index (κ1) is 24.6. The van der Waals surface area contributed by atoms with Crippen LogP contribution < -0.4 is 0 Å². The molecule has 1 atom stereocenters. The molecule has 2 aliphatic rings. The van der Waals surface area contributed by atoms with Gasteiger partial charge in [-0.15, -0.1) is 45.3 Å². The Hall–Kier alpha value is -1.03. The number of halogens is 3. The molecular formula is C25H17BrCl2NSZr-3. The summed E-state index contributed by atoms with van der Waals surface area (Å²) in [6, 6.07) is 25.6. The van der Waals surface area contributed by atoms with Crippen LogP contribution in [0, 0.1) is 6.08 Å². The number of aliphatic imine (C=N–C) groups is 1. The molecule has 0 spiro atoms. The van der Waals surface area contributed by atoms with Gasteiger partial charge in [-0.25, -0.2) is 11.6 Å². The van der Waals surface area contributed by atoms with Gasteiger partial charge in [-0.2, -0.15) is 6.08 Å². The van der Waals surface area contributed by atoms with Crippen LogP contribution in [0.25, 0.3) is 27.6 Å². The van der Waals surface area contributed by atoms with Gasteiger partial charge in [0.2, 0.25) is 0 Å². The number of thiol groups is 1. The fourth-order valence-corrected chi connectivity index (χ4v) is 4.19. The van der Waals surface area contributed by atoms with E-state index in [-0.39, 0.29) is 13.5 Å². The van der Waals surface area contributed by atoms with Crippen LogP contribution in [0.5, 0.6) is 0 Å². The molecule has 0 saturated heterocycles. The number of nitrogens with zero attached hydrogens (tertiary/aromatic N) is 1. The number of benzene rings is 3. The molecule has 1 nitrogen and oxygen atoms in total. The molecule has 1 unspecified atom stereocenters. The molecular weight excluding hydrogens is 588 g/mol. The van der Waals surface area contributed by atoms with E-state index in [0.717, 1.165) is 4.47 Å². The van der Waals surface area contributed by atoms with Gasteiger partial charge in [-0.05, 0) is 11.6 Å². The summed E-state index contributed by atoms with van der Waals surface area (Å²) in [5, 5.41) is 5.39. The largest absolute Gasteiger partial charge is 0.813 e. The van der Waals surface area contributed by atoms with E-state index in [1.165, 1.54) is 38.2 Å². The third kappa shape index (κ3) is 5.67. The molecule has 6 heteroatoms. The summed E-state index contributed by atoms with van der Waals surface area (Å²) in [5.41, 5.74) is 3.81. The Morgan fingerprint density at radius 1 is 0.935 bits per heavy atom. The molecule has 31 heavy (non-hydrogen) atoms. The Kier molecular flexibility index (Phi) is 9.31. The van der Waals surface area contributed by atoms with Crippen molar-refractivity contribution < 1.29 is 20.8 Å². The Labute approximate surface area is 216 Å². The first-order valence-electron chi connectivity index (χ1n) is 9.33. The van der Waals surface area contributed by atoms with Gasteiger partial charge in [-0.3, -0.25) is 4.99 Å². The molecule has 4 aromatic carbocycles. The van der Waals surface area contributed by atoms with Gasteiger partial charge in [0.15, 0.2) is 0 Å². The van der Waals surface area contributed by atoms with E-state index >= 15 is 0 Å². The summed E-state index contributed by atoms with van der Waals surface area (Å²) in [6.07, 6.45) is 9.04. The molecule has 0 fully saturated rings. The number of fused-ring (bicyclic) bond motifs is 6. The summed E-state index contributed by atoms with van der Waals surface area (Å²) in [6.45, 7) is 0. The average Bonchev–Trinajstić information content (AvgIpc) is 3.32. The maximum atomic E-state index is 4.93. The minimum atomic E-state index is -0.826. The van der Waals surface area contributed by atoms with Crippen molar-refractivity contribution in [2.75, 3.05) is 0 Å². The standard InChI is InChI=1S/C13H9.C12H7BrN.2ClH.H2S.Zr/c1-3-7-12-10(5-1)9-11-6-2-4-8-13(11)12;13-10-1-2-11-9(6-10)5-8-3-4-14-7-12(8)11;;;;/h1-9H;1-2,4-7,12H;2*1H;1H2;/q2*-1;;;;+2/p-3. The van der Waals surface area contributed by atoms with Crippen LogP contribution in [-0.2, 0) is 34.3 Å². The minimum Gasteiger partial charge on any atom is -0.813 e. The van der Waals surface area contributed by atoms with Gasteiger partial charge in [0.05, 0.1) is 0 Å². The van der Waals surface area contributed by atoms with Crippen LogP contribution in [0.4, 0.5) is 0 Å². The number of rotatable bonds is 0. The predicted molar refractivity (Wildman–Crippen MR) is 139 cm³/mol. The predicted octanol–water partition coefficient (Wildman–Crippen LogP) is 8.15. The van der Waals surface area contributed by atoms with Crippen molar-refractivity contribution in [3.63, 3.8) is 0 Å². The van der Waals surface area contributed by atoms with Crippen LogP contribution in [0.15, 0.2) is 94.0 Å². The van der Waals surface area contributed by atoms with Gasteiger partial charge < -0.3 is 13.5 Å². The fraction of sp³-hybridized carbons (Fsp3) is 0.0400. The minimum absolute atomic E-state index is 0. The van der Waals surface area contributed by atoms with E-state index in [1.807, 2.05) is 6.21 Å². The number of allylic oxidation sites excluding steroid dienone is 2. The third-order valence-corrected chi connectivity index (χ3v) is 5.59. The second-order valence-corrected chi connectivity index (χ2v) is 11.5. The summed E-state index contributed by atoms with van der Waals surface area (Å²) in [5.74, 6) is 0.322. The van der Waals surface area contributed by atoms with E-state index < -0.39 is 20.8 Å². The molecule has 4 aromatic rings. The van der Waals surface area contributed by atoms with E-state index in [2.05, 4.69) is 106 Å².